The molecule has 70 valence electrons. The van der Waals surface area contributed by atoms with Crippen LogP contribution in [0.15, 0.2) is 6.07 Å². The fourth-order valence-corrected chi connectivity index (χ4v) is 1.39. The fourth-order valence-electron chi connectivity index (χ4n) is 1.39. The van der Waals surface area contributed by atoms with Gasteiger partial charge >= 0.3 is 0 Å². The zero-order valence-corrected chi connectivity index (χ0v) is 8.20. The van der Waals surface area contributed by atoms with Gasteiger partial charge in [-0.1, -0.05) is 20.8 Å². The third kappa shape index (κ3) is 1.22. The number of nitrogens with one attached hydrogen (secondary N) is 1. The van der Waals surface area contributed by atoms with Gasteiger partial charge in [-0.15, -0.1) is 0 Å². The summed E-state index contributed by atoms with van der Waals surface area (Å²) < 4.78 is 1.89. The molecule has 1 N–H and O–H groups in total. The molecule has 0 radical (unpaired) electrons. The van der Waals surface area contributed by atoms with Gasteiger partial charge in [-0.25, -0.2) is 0 Å². The molecule has 0 atom stereocenters. The van der Waals surface area contributed by atoms with Crippen molar-refractivity contribution in [2.75, 3.05) is 0 Å². The van der Waals surface area contributed by atoms with E-state index in [9.17, 15) is 0 Å². The number of aromatic amines is 1. The summed E-state index contributed by atoms with van der Waals surface area (Å²) in [7, 11) is 0. The molecular weight excluding hydrogens is 164 g/mol. The first-order valence-corrected chi connectivity index (χ1v) is 4.65. The van der Waals surface area contributed by atoms with E-state index in [1.54, 1.807) is 0 Å². The van der Waals surface area contributed by atoms with Gasteiger partial charge in [-0.2, -0.15) is 14.7 Å². The highest BCUT2D eigenvalue weighted by atomic mass is 15.4. The van der Waals surface area contributed by atoms with Crippen LogP contribution in [0.5, 0.6) is 0 Å². The van der Waals surface area contributed by atoms with Crippen LogP contribution in [0.4, 0.5) is 0 Å². The number of rotatable bonds is 2. The lowest BCUT2D eigenvalue weighted by Gasteiger charge is -1.97. The lowest BCUT2D eigenvalue weighted by Crippen LogP contribution is -1.98. The second kappa shape index (κ2) is 2.87. The molecule has 0 unspecified atom stereocenters. The molecule has 2 aromatic rings. The quantitative estimate of drug-likeness (QED) is 0.761. The topological polar surface area (TPSA) is 46.0 Å². The van der Waals surface area contributed by atoms with E-state index in [0.29, 0.717) is 5.92 Å². The van der Waals surface area contributed by atoms with Crippen LogP contribution in [0.1, 0.15) is 38.2 Å². The summed E-state index contributed by atoms with van der Waals surface area (Å²) in [4.78, 5) is 0. The smallest absolute Gasteiger partial charge is 0.155 e. The molecule has 0 spiro atoms. The summed E-state index contributed by atoms with van der Waals surface area (Å²) in [6, 6.07) is 2.04. The molecule has 2 heterocycles. The van der Waals surface area contributed by atoms with Gasteiger partial charge < -0.3 is 0 Å². The molecule has 13 heavy (non-hydrogen) atoms. The van der Waals surface area contributed by atoms with Gasteiger partial charge in [0.15, 0.2) is 11.5 Å². The van der Waals surface area contributed by atoms with Crippen molar-refractivity contribution in [1.29, 1.82) is 0 Å². The second-order valence-corrected chi connectivity index (χ2v) is 3.52. The Balaban J connectivity index is 2.58. The maximum absolute atomic E-state index is 4.44. The van der Waals surface area contributed by atoms with E-state index in [1.165, 1.54) is 0 Å². The summed E-state index contributed by atoms with van der Waals surface area (Å²) >= 11 is 0. The monoisotopic (exact) mass is 178 g/mol. The molecule has 0 amide bonds. The van der Waals surface area contributed by atoms with E-state index in [2.05, 4.69) is 36.1 Å². The summed E-state index contributed by atoms with van der Waals surface area (Å²) in [5.74, 6) is 1.40. The Morgan fingerprint density at radius 3 is 2.92 bits per heavy atom. The van der Waals surface area contributed by atoms with Crippen molar-refractivity contribution in [1.82, 2.24) is 19.8 Å². The molecule has 0 saturated carbocycles. The maximum atomic E-state index is 4.44. The SMILES string of the molecule is CCc1cc2[nH]nc(C(C)C)n2n1. The van der Waals surface area contributed by atoms with Crippen LogP contribution in [0.3, 0.4) is 0 Å². The van der Waals surface area contributed by atoms with Crippen LogP contribution in [-0.4, -0.2) is 19.8 Å². The number of aromatic nitrogens is 4. The molecular formula is C9H14N4. The van der Waals surface area contributed by atoms with E-state index in [0.717, 1.165) is 23.6 Å². The number of fused-ring (bicyclic) bond motifs is 1. The average Bonchev–Trinajstić information content (AvgIpc) is 2.59. The van der Waals surface area contributed by atoms with Gasteiger partial charge in [0, 0.05) is 12.0 Å². The molecule has 4 nitrogen and oxygen atoms in total. The van der Waals surface area contributed by atoms with Crippen molar-refractivity contribution >= 4 is 5.65 Å². The Labute approximate surface area is 77.0 Å². The standard InChI is InChI=1S/C9H14N4/c1-4-7-5-8-10-11-9(6(2)3)13(8)12-7/h5-6,10H,4H2,1-3H3. The molecule has 2 rings (SSSR count). The highest BCUT2D eigenvalue weighted by Crippen LogP contribution is 2.13. The van der Waals surface area contributed by atoms with Gasteiger partial charge in [-0.05, 0) is 6.42 Å². The van der Waals surface area contributed by atoms with E-state index in [4.69, 9.17) is 0 Å². The number of hydrogen-bond acceptors (Lipinski definition) is 2. The molecule has 0 aliphatic carbocycles. The summed E-state index contributed by atoms with van der Waals surface area (Å²) in [6.07, 6.45) is 0.965. The van der Waals surface area contributed by atoms with Crippen LogP contribution in [0.2, 0.25) is 0 Å². The first kappa shape index (κ1) is 8.29. The zero-order chi connectivity index (χ0) is 9.42. The average molecular weight is 178 g/mol. The summed E-state index contributed by atoms with van der Waals surface area (Å²) in [5, 5.41) is 11.6. The molecule has 0 aliphatic rings. The molecule has 0 aromatic carbocycles. The second-order valence-electron chi connectivity index (χ2n) is 3.52. The van der Waals surface area contributed by atoms with Crippen molar-refractivity contribution in [3.63, 3.8) is 0 Å². The molecule has 2 aromatic heterocycles. The van der Waals surface area contributed by atoms with Crippen LogP contribution >= 0.6 is 0 Å². The predicted molar refractivity (Wildman–Crippen MR) is 50.8 cm³/mol. The minimum Gasteiger partial charge on any atom is -0.259 e. The Bertz CT molecular complexity index is 410. The first-order chi connectivity index (χ1) is 6.22. The Morgan fingerprint density at radius 2 is 2.31 bits per heavy atom. The molecule has 4 heteroatoms. The number of H-pyrrole nitrogens is 1. The predicted octanol–water partition coefficient (Wildman–Crippen LogP) is 1.74. The zero-order valence-electron chi connectivity index (χ0n) is 8.20. The van der Waals surface area contributed by atoms with Gasteiger partial charge in [0.25, 0.3) is 0 Å². The highest BCUT2D eigenvalue weighted by Gasteiger charge is 2.10. The Morgan fingerprint density at radius 1 is 1.54 bits per heavy atom. The Kier molecular flexibility index (Phi) is 1.83. The van der Waals surface area contributed by atoms with Crippen molar-refractivity contribution in [3.05, 3.63) is 17.6 Å². The van der Waals surface area contributed by atoms with Crippen LogP contribution in [0.25, 0.3) is 5.65 Å². The van der Waals surface area contributed by atoms with Gasteiger partial charge in [-0.3, -0.25) is 5.10 Å². The lowest BCUT2D eigenvalue weighted by atomic mass is 10.2. The van der Waals surface area contributed by atoms with Crippen molar-refractivity contribution in [2.24, 2.45) is 0 Å². The minimum atomic E-state index is 0.401. The van der Waals surface area contributed by atoms with Gasteiger partial charge in [0.05, 0.1) is 5.69 Å². The maximum Gasteiger partial charge on any atom is 0.155 e. The summed E-state index contributed by atoms with van der Waals surface area (Å²) in [5.41, 5.74) is 2.09. The number of aryl methyl sites for hydroxylation is 1. The van der Waals surface area contributed by atoms with E-state index in [-0.39, 0.29) is 0 Å². The molecule has 0 fully saturated rings. The number of nitrogens with zero attached hydrogens (tertiary/aromatic N) is 3. The third-order valence-electron chi connectivity index (χ3n) is 2.14. The molecule has 0 aliphatic heterocycles. The lowest BCUT2D eigenvalue weighted by molar-refractivity contribution is 0.717. The van der Waals surface area contributed by atoms with Crippen LogP contribution < -0.4 is 0 Å². The number of hydrogen-bond donors (Lipinski definition) is 1. The normalized spacial score (nSPS) is 11.7. The van der Waals surface area contributed by atoms with E-state index < -0.39 is 0 Å². The molecule has 0 bridgehead atoms. The fraction of sp³-hybridized carbons (Fsp3) is 0.556. The minimum absolute atomic E-state index is 0.401. The first-order valence-electron chi connectivity index (χ1n) is 4.65. The van der Waals surface area contributed by atoms with E-state index >= 15 is 0 Å². The Hall–Kier alpha value is -1.32. The van der Waals surface area contributed by atoms with Gasteiger partial charge in [0.1, 0.15) is 0 Å². The largest absolute Gasteiger partial charge is 0.259 e. The third-order valence-corrected chi connectivity index (χ3v) is 2.14. The van der Waals surface area contributed by atoms with Crippen LogP contribution in [0, 0.1) is 0 Å². The van der Waals surface area contributed by atoms with Crippen molar-refractivity contribution in [2.45, 2.75) is 33.1 Å². The van der Waals surface area contributed by atoms with Crippen molar-refractivity contribution in [3.8, 4) is 0 Å². The highest BCUT2D eigenvalue weighted by molar-refractivity contribution is 5.39. The summed E-state index contributed by atoms with van der Waals surface area (Å²) in [6.45, 7) is 6.33. The molecule has 0 saturated heterocycles. The van der Waals surface area contributed by atoms with Crippen LogP contribution in [-0.2, 0) is 6.42 Å². The van der Waals surface area contributed by atoms with Gasteiger partial charge in [0.2, 0.25) is 0 Å². The van der Waals surface area contributed by atoms with Crippen molar-refractivity contribution < 1.29 is 0 Å². The van der Waals surface area contributed by atoms with E-state index in [1.807, 2.05) is 10.6 Å².